The lowest BCUT2D eigenvalue weighted by Crippen LogP contribution is -2.42. The minimum atomic E-state index is -0.786. The molecule has 0 radical (unpaired) electrons. The number of rotatable bonds is 0. The Bertz CT molecular complexity index is 796. The lowest BCUT2D eigenvalue weighted by molar-refractivity contribution is -0.469. The molecule has 0 atom stereocenters. The standard InChI is InChI=1S/C9H10N4O4/c1-5-4-12(16)7-6(13(5)17)8(14)11(3)9(15)10(7)2/h4H,1-3H3. The van der Waals surface area contributed by atoms with Crippen molar-refractivity contribution in [3.63, 3.8) is 0 Å². The summed E-state index contributed by atoms with van der Waals surface area (Å²) in [6, 6.07) is 0. The van der Waals surface area contributed by atoms with Gasteiger partial charge in [0.25, 0.3) is 5.56 Å². The van der Waals surface area contributed by atoms with Crippen molar-refractivity contribution in [3.05, 3.63) is 42.8 Å². The maximum absolute atomic E-state index is 11.8. The predicted octanol–water partition coefficient (Wildman–Crippen LogP) is -1.39. The molecule has 8 heteroatoms. The Hall–Kier alpha value is -2.38. The maximum atomic E-state index is 11.8. The second-order valence-electron chi connectivity index (χ2n) is 3.77. The lowest BCUT2D eigenvalue weighted by Gasteiger charge is -2.14. The molecule has 0 spiro atoms. The van der Waals surface area contributed by atoms with Crippen LogP contribution in [-0.4, -0.2) is 13.9 Å². The van der Waals surface area contributed by atoms with Crippen molar-refractivity contribution in [2.24, 2.45) is 14.1 Å². The molecule has 8 nitrogen and oxygen atoms in total. The molecule has 2 rings (SSSR count). The minimum Gasteiger partial charge on any atom is -0.805 e. The van der Waals surface area contributed by atoms with Crippen LogP contribution in [0.2, 0.25) is 0 Å². The number of aryl methyl sites for hydroxylation is 2. The van der Waals surface area contributed by atoms with Gasteiger partial charge in [-0.2, -0.15) is 4.57 Å². The van der Waals surface area contributed by atoms with Gasteiger partial charge < -0.3 is 9.94 Å². The zero-order chi connectivity index (χ0) is 12.9. The highest BCUT2D eigenvalue weighted by Gasteiger charge is 2.20. The Morgan fingerprint density at radius 3 is 2.41 bits per heavy atom. The molecule has 0 bridgehead atoms. The third-order valence-corrected chi connectivity index (χ3v) is 2.65. The van der Waals surface area contributed by atoms with Crippen molar-refractivity contribution in [2.45, 2.75) is 6.92 Å². The molecule has 17 heavy (non-hydrogen) atoms. The summed E-state index contributed by atoms with van der Waals surface area (Å²) in [5, 5.41) is 11.8. The third kappa shape index (κ3) is 1.30. The van der Waals surface area contributed by atoms with Crippen molar-refractivity contribution in [1.29, 1.82) is 0 Å². The first-order valence-electron chi connectivity index (χ1n) is 4.78. The molecular weight excluding hydrogens is 228 g/mol. The zero-order valence-electron chi connectivity index (χ0n) is 9.50. The van der Waals surface area contributed by atoms with Gasteiger partial charge in [0.2, 0.25) is 0 Å². The highest BCUT2D eigenvalue weighted by molar-refractivity contribution is 5.66. The van der Waals surface area contributed by atoms with Crippen molar-refractivity contribution >= 4 is 11.2 Å². The zero-order valence-corrected chi connectivity index (χ0v) is 9.50. The van der Waals surface area contributed by atoms with Gasteiger partial charge >= 0.3 is 11.3 Å². The van der Waals surface area contributed by atoms with Gasteiger partial charge in [0.1, 0.15) is 0 Å². The summed E-state index contributed by atoms with van der Waals surface area (Å²) in [7, 11) is 2.58. The van der Waals surface area contributed by atoms with Gasteiger partial charge in [-0.1, -0.05) is 4.91 Å². The van der Waals surface area contributed by atoms with Gasteiger partial charge in [0, 0.05) is 11.5 Å². The van der Waals surface area contributed by atoms with E-state index < -0.39 is 11.2 Å². The van der Waals surface area contributed by atoms with Gasteiger partial charge in [-0.15, -0.1) is 0 Å². The molecule has 0 N–H and O–H groups in total. The molecule has 0 aliphatic heterocycles. The molecule has 0 amide bonds. The summed E-state index contributed by atoms with van der Waals surface area (Å²) in [6.45, 7) is 1.41. The summed E-state index contributed by atoms with van der Waals surface area (Å²) in [5.41, 5.74) is -1.95. The van der Waals surface area contributed by atoms with E-state index >= 15 is 0 Å². The summed E-state index contributed by atoms with van der Waals surface area (Å²) in [6.07, 6.45) is 1.02. The number of hydrogen-bond acceptors (Lipinski definition) is 4. The van der Waals surface area contributed by atoms with E-state index in [9.17, 15) is 19.7 Å². The van der Waals surface area contributed by atoms with Crippen LogP contribution in [0.5, 0.6) is 0 Å². The topological polar surface area (TPSA) is 95.0 Å². The van der Waals surface area contributed by atoms with Crippen LogP contribution in [-0.2, 0) is 14.1 Å². The van der Waals surface area contributed by atoms with E-state index in [1.54, 1.807) is 0 Å². The van der Waals surface area contributed by atoms with Crippen LogP contribution < -0.4 is 15.7 Å². The van der Waals surface area contributed by atoms with Crippen molar-refractivity contribution in [1.82, 2.24) is 13.9 Å². The van der Waals surface area contributed by atoms with Crippen LogP contribution in [0.1, 0.15) is 5.69 Å². The molecule has 0 saturated carbocycles. The lowest BCUT2D eigenvalue weighted by atomic mass is 10.4. The average Bonchev–Trinajstić information content (AvgIpc) is 2.28. The molecule has 2 aromatic heterocycles. The molecule has 0 unspecified atom stereocenters. The second kappa shape index (κ2) is 3.30. The van der Waals surface area contributed by atoms with Crippen LogP contribution >= 0.6 is 0 Å². The SMILES string of the molecule is Cc1c[n+](=O)c2c(c(=O)n(C)c(=O)n2C)n1[O-]. The highest BCUT2D eigenvalue weighted by atomic mass is 16.5. The largest absolute Gasteiger partial charge is 0.805 e. The molecule has 2 aromatic rings. The predicted molar refractivity (Wildman–Crippen MR) is 59.3 cm³/mol. The summed E-state index contributed by atoms with van der Waals surface area (Å²) < 4.78 is 2.46. The fraction of sp³-hybridized carbons (Fsp3) is 0.333. The number of hydrogen-bond donors (Lipinski definition) is 0. The van der Waals surface area contributed by atoms with Gasteiger partial charge in [-0.25, -0.2) is 9.36 Å². The Morgan fingerprint density at radius 2 is 1.82 bits per heavy atom. The molecule has 0 fully saturated rings. The summed E-state index contributed by atoms with van der Waals surface area (Å²) in [4.78, 5) is 35.1. The van der Waals surface area contributed by atoms with E-state index in [-0.39, 0.29) is 16.9 Å². The Labute approximate surface area is 94.1 Å². The van der Waals surface area contributed by atoms with Crippen molar-refractivity contribution < 1.29 is 4.43 Å². The first-order chi connectivity index (χ1) is 7.86. The quantitative estimate of drug-likeness (QED) is 0.528. The number of fused-ring (bicyclic) bond motifs is 1. The molecule has 0 aromatic carbocycles. The molecule has 0 saturated heterocycles. The van der Waals surface area contributed by atoms with Crippen LogP contribution in [0.15, 0.2) is 15.8 Å². The normalized spacial score (nSPS) is 11.0. The summed E-state index contributed by atoms with van der Waals surface area (Å²) >= 11 is 0. The fourth-order valence-electron chi connectivity index (χ4n) is 1.71. The van der Waals surface area contributed by atoms with E-state index in [2.05, 4.69) is 0 Å². The molecular formula is C9H10N4O4. The van der Waals surface area contributed by atoms with E-state index in [0.29, 0.717) is 9.16 Å². The Balaban J connectivity index is 3.36. The molecule has 0 aliphatic carbocycles. The Morgan fingerprint density at radius 1 is 1.24 bits per heavy atom. The van der Waals surface area contributed by atoms with Crippen molar-refractivity contribution in [2.75, 3.05) is 0 Å². The van der Waals surface area contributed by atoms with Gasteiger partial charge in [-0.3, -0.25) is 4.79 Å². The minimum absolute atomic E-state index is 0.0863. The third-order valence-electron chi connectivity index (χ3n) is 2.65. The molecule has 2 heterocycles. The van der Waals surface area contributed by atoms with E-state index in [0.717, 1.165) is 15.3 Å². The van der Waals surface area contributed by atoms with E-state index in [1.165, 1.54) is 21.0 Å². The maximum Gasteiger partial charge on any atom is 0.418 e. The average molecular weight is 238 g/mol. The first-order valence-corrected chi connectivity index (χ1v) is 4.78. The highest BCUT2D eigenvalue weighted by Crippen LogP contribution is 2.03. The fourth-order valence-corrected chi connectivity index (χ4v) is 1.71. The van der Waals surface area contributed by atoms with Crippen molar-refractivity contribution in [3.8, 4) is 0 Å². The van der Waals surface area contributed by atoms with E-state index in [4.69, 9.17) is 0 Å². The van der Waals surface area contributed by atoms with Crippen LogP contribution in [0.25, 0.3) is 11.2 Å². The molecule has 90 valence electrons. The van der Waals surface area contributed by atoms with Crippen LogP contribution in [0.3, 0.4) is 0 Å². The van der Waals surface area contributed by atoms with Gasteiger partial charge in [0.05, 0.1) is 12.7 Å². The molecule has 0 aliphatic rings. The second-order valence-corrected chi connectivity index (χ2v) is 3.77. The Kier molecular flexibility index (Phi) is 2.16. The number of aromatic nitrogens is 4. The summed E-state index contributed by atoms with van der Waals surface area (Å²) in [5.74, 6) is 0. The van der Waals surface area contributed by atoms with Crippen LogP contribution in [0, 0.1) is 17.0 Å². The van der Waals surface area contributed by atoms with Crippen LogP contribution in [0.4, 0.5) is 0 Å². The first kappa shape index (κ1) is 11.1. The number of nitrogens with zero attached hydrogens (tertiary/aromatic N) is 4. The smallest absolute Gasteiger partial charge is 0.418 e. The van der Waals surface area contributed by atoms with E-state index in [1.807, 2.05) is 0 Å². The van der Waals surface area contributed by atoms with Gasteiger partial charge in [-0.05, 0) is 6.92 Å². The van der Waals surface area contributed by atoms with Gasteiger partial charge in [0.15, 0.2) is 11.7 Å². The monoisotopic (exact) mass is 238 g/mol.